The Bertz CT molecular complexity index is 1830. The molecule has 0 amide bonds. The van der Waals surface area contributed by atoms with E-state index in [0.717, 1.165) is 0 Å². The number of hydrogen-bond acceptors (Lipinski definition) is 5. The predicted molar refractivity (Wildman–Crippen MR) is 121 cm³/mol. The molecule has 3 aromatic carbocycles. The van der Waals surface area contributed by atoms with Gasteiger partial charge < -0.3 is 0 Å². The number of aromatic nitrogens is 2. The zero-order chi connectivity index (χ0) is 22.6. The van der Waals surface area contributed by atoms with Gasteiger partial charge in [-0.05, 0) is 17.7 Å². The maximum absolute atomic E-state index is 13.6. The molecular formula is C25H12N2O5. The van der Waals surface area contributed by atoms with Crippen molar-refractivity contribution < 1.29 is 4.79 Å². The summed E-state index contributed by atoms with van der Waals surface area (Å²) in [5.74, 6) is 1.92. The lowest BCUT2D eigenvalue weighted by Gasteiger charge is -2.12. The highest BCUT2D eigenvalue weighted by molar-refractivity contribution is 6.27. The van der Waals surface area contributed by atoms with Crippen LogP contribution in [0.1, 0.15) is 21.5 Å². The van der Waals surface area contributed by atoms with Crippen LogP contribution in [0.4, 0.5) is 0 Å². The molecule has 0 fully saturated rings. The van der Waals surface area contributed by atoms with Gasteiger partial charge in [0, 0.05) is 22.3 Å². The molecule has 2 N–H and O–H groups in total. The fourth-order valence-electron chi connectivity index (χ4n) is 4.13. The fourth-order valence-corrected chi connectivity index (χ4v) is 4.13. The molecule has 0 radical (unpaired) electrons. The Morgan fingerprint density at radius 2 is 1.31 bits per heavy atom. The van der Waals surface area contributed by atoms with Crippen LogP contribution in [-0.4, -0.2) is 15.8 Å². The van der Waals surface area contributed by atoms with Gasteiger partial charge in [0.15, 0.2) is 5.78 Å². The molecule has 2 heterocycles. The minimum Gasteiger partial charge on any atom is -0.289 e. The van der Waals surface area contributed by atoms with E-state index in [1.807, 2.05) is 0 Å². The van der Waals surface area contributed by atoms with Crippen molar-refractivity contribution in [3.05, 3.63) is 113 Å². The number of benzene rings is 3. The van der Waals surface area contributed by atoms with Gasteiger partial charge in [-0.2, -0.15) is 0 Å². The highest BCUT2D eigenvalue weighted by atomic mass is 16.2. The summed E-state index contributed by atoms with van der Waals surface area (Å²) in [6.45, 7) is 0. The molecule has 0 atom stereocenters. The summed E-state index contributed by atoms with van der Waals surface area (Å²) in [4.78, 5) is 68.8. The zero-order valence-electron chi connectivity index (χ0n) is 16.3. The number of carbonyl (C=O) groups is 1. The molecule has 7 heteroatoms. The summed E-state index contributed by atoms with van der Waals surface area (Å²) < 4.78 is 0. The minimum absolute atomic E-state index is 0.0814. The first kappa shape index (κ1) is 19.2. The van der Waals surface area contributed by atoms with Gasteiger partial charge >= 0.3 is 0 Å². The highest BCUT2D eigenvalue weighted by Crippen LogP contribution is 2.36. The van der Waals surface area contributed by atoms with E-state index in [9.17, 15) is 24.0 Å². The van der Waals surface area contributed by atoms with Gasteiger partial charge in [-0.1, -0.05) is 48.4 Å². The van der Waals surface area contributed by atoms with Crippen molar-refractivity contribution in [2.75, 3.05) is 0 Å². The average Bonchev–Trinajstić information content (AvgIpc) is 3.27. The third-order valence-electron chi connectivity index (χ3n) is 5.44. The molecule has 7 nitrogen and oxygen atoms in total. The summed E-state index contributed by atoms with van der Waals surface area (Å²) in [6, 6.07) is 14.7. The molecule has 0 aliphatic rings. The van der Waals surface area contributed by atoms with Gasteiger partial charge in [0.25, 0.3) is 22.2 Å². The fraction of sp³-hybridized carbons (Fsp3) is 0. The third kappa shape index (κ3) is 2.60. The molecule has 0 bridgehead atoms. The lowest BCUT2D eigenvalue weighted by atomic mass is 9.87. The van der Waals surface area contributed by atoms with Crippen molar-refractivity contribution in [1.82, 2.24) is 9.97 Å². The zero-order valence-corrected chi connectivity index (χ0v) is 16.3. The van der Waals surface area contributed by atoms with Crippen molar-refractivity contribution in [3.63, 3.8) is 0 Å². The third-order valence-corrected chi connectivity index (χ3v) is 5.44. The number of nitrogens with one attached hydrogen (secondary N) is 2. The Morgan fingerprint density at radius 3 is 1.97 bits per heavy atom. The molecule has 32 heavy (non-hydrogen) atoms. The molecule has 0 aliphatic heterocycles. The van der Waals surface area contributed by atoms with Gasteiger partial charge in [0.05, 0.1) is 21.5 Å². The maximum Gasteiger partial charge on any atom is 0.259 e. The van der Waals surface area contributed by atoms with E-state index in [2.05, 4.69) is 15.9 Å². The van der Waals surface area contributed by atoms with E-state index in [1.165, 1.54) is 0 Å². The van der Waals surface area contributed by atoms with E-state index < -0.39 is 28.0 Å². The van der Waals surface area contributed by atoms with Crippen LogP contribution in [0.25, 0.3) is 32.7 Å². The van der Waals surface area contributed by atoms with Crippen LogP contribution in [-0.2, 0) is 0 Å². The van der Waals surface area contributed by atoms with Gasteiger partial charge in [-0.3, -0.25) is 33.9 Å². The number of rotatable bonds is 3. The van der Waals surface area contributed by atoms with Crippen LogP contribution >= 0.6 is 0 Å². The lowest BCUT2D eigenvalue weighted by Crippen LogP contribution is -2.11. The van der Waals surface area contributed by atoms with E-state index in [-0.39, 0.29) is 38.2 Å². The lowest BCUT2D eigenvalue weighted by molar-refractivity contribution is 0.104. The van der Waals surface area contributed by atoms with Crippen LogP contribution in [0.2, 0.25) is 0 Å². The molecule has 0 spiro atoms. The van der Waals surface area contributed by atoms with E-state index in [4.69, 9.17) is 6.42 Å². The van der Waals surface area contributed by atoms with Gasteiger partial charge in [0.1, 0.15) is 0 Å². The van der Waals surface area contributed by atoms with E-state index in [0.29, 0.717) is 11.1 Å². The summed E-state index contributed by atoms with van der Waals surface area (Å²) in [5.41, 5.74) is -2.17. The summed E-state index contributed by atoms with van der Waals surface area (Å²) in [7, 11) is 0. The first-order valence-electron chi connectivity index (χ1n) is 9.54. The van der Waals surface area contributed by atoms with E-state index >= 15 is 0 Å². The molecule has 5 aromatic rings. The number of terminal acetylenes is 1. The number of hydrogen-bond donors (Lipinski definition) is 2. The van der Waals surface area contributed by atoms with Gasteiger partial charge in [-0.15, -0.1) is 6.42 Å². The smallest absolute Gasteiger partial charge is 0.259 e. The van der Waals surface area contributed by atoms with Crippen LogP contribution in [0.5, 0.6) is 0 Å². The molecule has 0 aliphatic carbocycles. The topological polar surface area (TPSA) is 117 Å². The standard InChI is InChI=1S/C25H12N2O5/c1-2-12-7-6-10-14(11-12)15-16(21(28)13-8-4-3-5-9-13)18-20(25(32)27-23(18)30)19-17(15)22(29)26-24(19)31/h1,3-11H,(H,26,29,31)(H,27,30,32). The molecule has 2 aromatic heterocycles. The summed E-state index contributed by atoms with van der Waals surface area (Å²) in [5, 5.41) is -0.857. The first-order chi connectivity index (χ1) is 15.4. The SMILES string of the molecule is C#Cc1cccc(-c2c(C(=O)c3ccccc3)c3c(=O)[nH]c(=O)c3c3c(=O)[nH]c(=O)c23)c1. The van der Waals surface area contributed by atoms with Crippen molar-refractivity contribution >= 4 is 27.3 Å². The Morgan fingerprint density at radius 1 is 0.719 bits per heavy atom. The molecule has 0 saturated carbocycles. The first-order valence-corrected chi connectivity index (χ1v) is 9.54. The van der Waals surface area contributed by atoms with E-state index in [1.54, 1.807) is 54.6 Å². The molecule has 0 saturated heterocycles. The predicted octanol–water partition coefficient (Wildman–Crippen LogP) is 1.84. The molecule has 152 valence electrons. The van der Waals surface area contributed by atoms with Crippen molar-refractivity contribution in [2.24, 2.45) is 0 Å². The molecule has 5 rings (SSSR count). The van der Waals surface area contributed by atoms with Crippen LogP contribution in [0.15, 0.2) is 73.8 Å². The Kier molecular flexibility index (Phi) is 4.10. The Balaban J connectivity index is 2.11. The Hall–Kier alpha value is -4.83. The second-order valence-electron chi connectivity index (χ2n) is 7.24. The maximum atomic E-state index is 13.6. The van der Waals surface area contributed by atoms with Crippen molar-refractivity contribution in [3.8, 4) is 23.5 Å². The Labute approximate surface area is 178 Å². The number of aromatic amines is 2. The summed E-state index contributed by atoms with van der Waals surface area (Å²) >= 11 is 0. The molecule has 0 unspecified atom stereocenters. The monoisotopic (exact) mass is 420 g/mol. The molecular weight excluding hydrogens is 408 g/mol. The van der Waals surface area contributed by atoms with Crippen molar-refractivity contribution in [2.45, 2.75) is 0 Å². The number of H-pyrrole nitrogens is 2. The van der Waals surface area contributed by atoms with Crippen LogP contribution in [0, 0.1) is 12.3 Å². The van der Waals surface area contributed by atoms with Gasteiger partial charge in [0.2, 0.25) is 0 Å². The van der Waals surface area contributed by atoms with Crippen LogP contribution < -0.4 is 22.2 Å². The summed E-state index contributed by atoms with van der Waals surface area (Å²) in [6.07, 6.45) is 5.52. The minimum atomic E-state index is -0.836. The number of carbonyl (C=O) groups excluding carboxylic acids is 1. The number of ketones is 1. The largest absolute Gasteiger partial charge is 0.289 e. The number of fused-ring (bicyclic) bond motifs is 3. The quantitative estimate of drug-likeness (QED) is 0.341. The van der Waals surface area contributed by atoms with Crippen molar-refractivity contribution in [1.29, 1.82) is 0 Å². The second kappa shape index (κ2) is 6.86. The van der Waals surface area contributed by atoms with Gasteiger partial charge in [-0.25, -0.2) is 0 Å². The second-order valence-corrected chi connectivity index (χ2v) is 7.24. The average molecular weight is 420 g/mol. The highest BCUT2D eigenvalue weighted by Gasteiger charge is 2.29. The normalized spacial score (nSPS) is 11.1. The van der Waals surface area contributed by atoms with Crippen LogP contribution in [0.3, 0.4) is 0 Å².